The zero-order valence-corrected chi connectivity index (χ0v) is 11.7. The molecule has 0 unspecified atom stereocenters. The molecule has 108 valence electrons. The van der Waals surface area contributed by atoms with Gasteiger partial charge in [0.1, 0.15) is 5.75 Å². The van der Waals surface area contributed by atoms with Crippen LogP contribution < -0.4 is 10.1 Å². The highest BCUT2D eigenvalue weighted by atomic mass is 16.5. The van der Waals surface area contributed by atoms with Crippen molar-refractivity contribution >= 4 is 18.0 Å². The van der Waals surface area contributed by atoms with Crippen molar-refractivity contribution in [2.24, 2.45) is 0 Å². The molecule has 5 nitrogen and oxygen atoms in total. The summed E-state index contributed by atoms with van der Waals surface area (Å²) in [6, 6.07) is 5.70. The van der Waals surface area contributed by atoms with Crippen molar-refractivity contribution in [1.29, 1.82) is 0 Å². The Kier molecular flexibility index (Phi) is 6.29. The van der Waals surface area contributed by atoms with Crippen LogP contribution >= 0.6 is 0 Å². The number of hydrogen-bond donors (Lipinski definition) is 2. The van der Waals surface area contributed by atoms with Crippen molar-refractivity contribution in [3.8, 4) is 5.75 Å². The van der Waals surface area contributed by atoms with Crippen LogP contribution in [0.4, 0.5) is 0 Å². The number of amides is 1. The van der Waals surface area contributed by atoms with E-state index in [-0.39, 0.29) is 12.3 Å². The van der Waals surface area contributed by atoms with Crippen LogP contribution in [0.3, 0.4) is 0 Å². The standard InChI is InChI=1S/C15H19NO4/c1-11-5-7-13(20-2)12(10-11)6-8-14(17)16-9-3-4-15(18)19/h5-8,10H,3-4,9H2,1-2H3,(H,16,17)(H,18,19)/b8-6+. The Bertz CT molecular complexity index is 509. The number of nitrogens with one attached hydrogen (secondary N) is 1. The van der Waals surface area contributed by atoms with Crippen LogP contribution in [-0.2, 0) is 9.59 Å². The van der Waals surface area contributed by atoms with Crippen LogP contribution in [0.15, 0.2) is 24.3 Å². The van der Waals surface area contributed by atoms with Gasteiger partial charge >= 0.3 is 5.97 Å². The lowest BCUT2D eigenvalue weighted by Gasteiger charge is -2.05. The van der Waals surface area contributed by atoms with E-state index in [1.807, 2.05) is 25.1 Å². The summed E-state index contributed by atoms with van der Waals surface area (Å²) in [7, 11) is 1.58. The van der Waals surface area contributed by atoms with Gasteiger partial charge in [-0.1, -0.05) is 11.6 Å². The van der Waals surface area contributed by atoms with Crippen molar-refractivity contribution in [1.82, 2.24) is 5.32 Å². The van der Waals surface area contributed by atoms with E-state index in [1.165, 1.54) is 6.08 Å². The molecule has 0 saturated carbocycles. The molecule has 20 heavy (non-hydrogen) atoms. The van der Waals surface area contributed by atoms with Gasteiger partial charge in [-0.15, -0.1) is 0 Å². The smallest absolute Gasteiger partial charge is 0.303 e. The molecule has 0 saturated heterocycles. The predicted molar refractivity (Wildman–Crippen MR) is 76.6 cm³/mol. The Morgan fingerprint density at radius 2 is 2.15 bits per heavy atom. The van der Waals surface area contributed by atoms with Gasteiger partial charge in [0.05, 0.1) is 7.11 Å². The first kappa shape index (κ1) is 15.8. The number of carboxylic acids is 1. The van der Waals surface area contributed by atoms with Crippen LogP contribution in [-0.4, -0.2) is 30.6 Å². The molecule has 2 N–H and O–H groups in total. The number of aliphatic carboxylic acids is 1. The van der Waals surface area contributed by atoms with Gasteiger partial charge in [-0.25, -0.2) is 0 Å². The fraction of sp³-hybridized carbons (Fsp3) is 0.333. The van der Waals surface area contributed by atoms with E-state index in [9.17, 15) is 9.59 Å². The highest BCUT2D eigenvalue weighted by Crippen LogP contribution is 2.20. The normalized spacial score (nSPS) is 10.5. The molecule has 0 aliphatic heterocycles. The summed E-state index contributed by atoms with van der Waals surface area (Å²) in [4.78, 5) is 21.9. The number of carboxylic acid groups (broad SMARTS) is 1. The monoisotopic (exact) mass is 277 g/mol. The lowest BCUT2D eigenvalue weighted by atomic mass is 10.1. The van der Waals surface area contributed by atoms with E-state index in [0.29, 0.717) is 18.7 Å². The first-order chi connectivity index (χ1) is 9.52. The van der Waals surface area contributed by atoms with Crippen LogP contribution in [0, 0.1) is 6.92 Å². The number of rotatable bonds is 7. The molecule has 0 heterocycles. The number of carbonyl (C=O) groups is 2. The van der Waals surface area contributed by atoms with Gasteiger partial charge < -0.3 is 15.2 Å². The minimum Gasteiger partial charge on any atom is -0.496 e. The van der Waals surface area contributed by atoms with Crippen molar-refractivity contribution in [2.75, 3.05) is 13.7 Å². The first-order valence-electron chi connectivity index (χ1n) is 6.35. The molecule has 0 radical (unpaired) electrons. The average molecular weight is 277 g/mol. The summed E-state index contributed by atoms with van der Waals surface area (Å²) >= 11 is 0. The van der Waals surface area contributed by atoms with Gasteiger partial charge in [-0.3, -0.25) is 9.59 Å². The minimum absolute atomic E-state index is 0.0513. The quantitative estimate of drug-likeness (QED) is 0.590. The number of carbonyl (C=O) groups excluding carboxylic acids is 1. The lowest BCUT2D eigenvalue weighted by molar-refractivity contribution is -0.137. The summed E-state index contributed by atoms with van der Waals surface area (Å²) in [6.45, 7) is 2.31. The maximum absolute atomic E-state index is 11.6. The summed E-state index contributed by atoms with van der Waals surface area (Å²) in [5.74, 6) is -0.413. The Labute approximate surface area is 118 Å². The number of ether oxygens (including phenoxy) is 1. The van der Waals surface area contributed by atoms with Crippen LogP contribution in [0.1, 0.15) is 24.0 Å². The van der Waals surface area contributed by atoms with E-state index in [0.717, 1.165) is 11.1 Å². The molecule has 0 aromatic heterocycles. The first-order valence-corrected chi connectivity index (χ1v) is 6.35. The van der Waals surface area contributed by atoms with E-state index in [2.05, 4.69) is 5.32 Å². The van der Waals surface area contributed by atoms with Gasteiger partial charge in [-0.05, 0) is 31.6 Å². The molecule has 5 heteroatoms. The fourth-order valence-corrected chi connectivity index (χ4v) is 1.66. The fourth-order valence-electron chi connectivity index (χ4n) is 1.66. The molecule has 0 fully saturated rings. The Hall–Kier alpha value is -2.30. The Morgan fingerprint density at radius 3 is 2.80 bits per heavy atom. The highest BCUT2D eigenvalue weighted by molar-refractivity contribution is 5.92. The molecule has 1 aromatic rings. The number of methoxy groups -OCH3 is 1. The number of hydrogen-bond acceptors (Lipinski definition) is 3. The summed E-state index contributed by atoms with van der Waals surface area (Å²) < 4.78 is 5.21. The number of benzene rings is 1. The second kappa shape index (κ2) is 7.99. The summed E-state index contributed by atoms with van der Waals surface area (Å²) in [5.41, 5.74) is 1.90. The second-order valence-electron chi connectivity index (χ2n) is 4.37. The van der Waals surface area contributed by atoms with Crippen molar-refractivity contribution in [3.63, 3.8) is 0 Å². The third-order valence-corrected chi connectivity index (χ3v) is 2.67. The van der Waals surface area contributed by atoms with Gasteiger partial charge in [0.2, 0.25) is 5.91 Å². The van der Waals surface area contributed by atoms with Gasteiger partial charge in [0.15, 0.2) is 0 Å². The molecular weight excluding hydrogens is 258 g/mol. The molecule has 0 aliphatic carbocycles. The predicted octanol–water partition coefficient (Wildman–Crippen LogP) is 2.00. The van der Waals surface area contributed by atoms with Gasteiger partial charge in [0.25, 0.3) is 0 Å². The lowest BCUT2D eigenvalue weighted by Crippen LogP contribution is -2.22. The minimum atomic E-state index is -0.862. The largest absolute Gasteiger partial charge is 0.496 e. The maximum atomic E-state index is 11.6. The van der Waals surface area contributed by atoms with Crippen LogP contribution in [0.5, 0.6) is 5.75 Å². The zero-order valence-electron chi connectivity index (χ0n) is 11.7. The average Bonchev–Trinajstić information content (AvgIpc) is 2.41. The number of aryl methyl sites for hydroxylation is 1. The maximum Gasteiger partial charge on any atom is 0.303 e. The molecule has 0 atom stereocenters. The van der Waals surface area contributed by atoms with Crippen LogP contribution in [0.2, 0.25) is 0 Å². The van der Waals surface area contributed by atoms with Gasteiger partial charge in [0, 0.05) is 24.6 Å². The second-order valence-corrected chi connectivity index (χ2v) is 4.37. The highest BCUT2D eigenvalue weighted by Gasteiger charge is 2.01. The third-order valence-electron chi connectivity index (χ3n) is 2.67. The Balaban J connectivity index is 2.52. The van der Waals surface area contributed by atoms with E-state index >= 15 is 0 Å². The van der Waals surface area contributed by atoms with Crippen LogP contribution in [0.25, 0.3) is 6.08 Å². The van der Waals surface area contributed by atoms with Crippen molar-refractivity contribution < 1.29 is 19.4 Å². The molecular formula is C15H19NO4. The SMILES string of the molecule is COc1ccc(C)cc1/C=C/C(=O)NCCCC(=O)O. The van der Waals surface area contributed by atoms with Gasteiger partial charge in [-0.2, -0.15) is 0 Å². The Morgan fingerprint density at radius 1 is 1.40 bits per heavy atom. The molecule has 0 spiro atoms. The van der Waals surface area contributed by atoms with E-state index in [4.69, 9.17) is 9.84 Å². The summed E-state index contributed by atoms with van der Waals surface area (Å²) in [6.07, 6.45) is 3.56. The van der Waals surface area contributed by atoms with Crippen molar-refractivity contribution in [3.05, 3.63) is 35.4 Å². The third kappa shape index (κ3) is 5.56. The van der Waals surface area contributed by atoms with E-state index in [1.54, 1.807) is 13.2 Å². The molecule has 1 amide bonds. The van der Waals surface area contributed by atoms with Crippen molar-refractivity contribution in [2.45, 2.75) is 19.8 Å². The molecule has 1 aromatic carbocycles. The molecule has 0 aliphatic rings. The molecule has 1 rings (SSSR count). The topological polar surface area (TPSA) is 75.6 Å². The zero-order chi connectivity index (χ0) is 15.0. The summed E-state index contributed by atoms with van der Waals surface area (Å²) in [5, 5.41) is 11.1. The van der Waals surface area contributed by atoms with E-state index < -0.39 is 5.97 Å². The molecule has 0 bridgehead atoms.